The van der Waals surface area contributed by atoms with Crippen LogP contribution in [0.15, 0.2) is 15.7 Å². The van der Waals surface area contributed by atoms with Crippen molar-refractivity contribution in [1.29, 1.82) is 0 Å². The average Bonchev–Trinajstić information content (AvgIpc) is 2.01. The quantitative estimate of drug-likeness (QED) is 0.573. The van der Waals surface area contributed by atoms with Gasteiger partial charge in [0.05, 0.1) is 0 Å². The van der Waals surface area contributed by atoms with Gasteiger partial charge in [-0.3, -0.25) is 0 Å². The van der Waals surface area contributed by atoms with Gasteiger partial charge in [0.2, 0.25) is 0 Å². The molecule has 0 radical (unpaired) electrons. The number of thioether (sulfide) groups is 1. The molecule has 0 bridgehead atoms. The Morgan fingerprint density at radius 3 is 2.38 bits per heavy atom. The van der Waals surface area contributed by atoms with Crippen molar-refractivity contribution in [2.45, 2.75) is 31.2 Å². The third-order valence-corrected chi connectivity index (χ3v) is 2.58. The fraction of sp³-hybridized carbons (Fsp3) is 0.556. The minimum Gasteiger partial charge on any atom is -0.226 e. The summed E-state index contributed by atoms with van der Waals surface area (Å²) in [7, 11) is 0. The summed E-state index contributed by atoms with van der Waals surface area (Å²) in [4.78, 5) is 8.79. The van der Waals surface area contributed by atoms with E-state index in [4.69, 9.17) is 0 Å². The van der Waals surface area contributed by atoms with Crippen LogP contribution < -0.4 is 0 Å². The highest BCUT2D eigenvalue weighted by atomic mass is 79.9. The minimum atomic E-state index is 0.00819. The molecule has 0 aliphatic rings. The van der Waals surface area contributed by atoms with Gasteiger partial charge in [-0.2, -0.15) is 0 Å². The second-order valence-electron chi connectivity index (χ2n) is 3.81. The van der Waals surface area contributed by atoms with Crippen LogP contribution in [0.1, 0.15) is 26.6 Å². The van der Waals surface area contributed by atoms with Gasteiger partial charge >= 0.3 is 0 Å². The van der Waals surface area contributed by atoms with Gasteiger partial charge in [0.15, 0.2) is 0 Å². The molecule has 0 saturated carbocycles. The monoisotopic (exact) mass is 260 g/mol. The zero-order chi connectivity index (χ0) is 10.1. The van der Waals surface area contributed by atoms with Crippen molar-refractivity contribution in [2.24, 2.45) is 0 Å². The van der Waals surface area contributed by atoms with Gasteiger partial charge in [-0.15, -0.1) is 11.8 Å². The molecule has 1 rings (SSSR count). The molecular formula is C9H13BrN2S. The minimum absolute atomic E-state index is 0.00819. The summed E-state index contributed by atoms with van der Waals surface area (Å²) in [5.41, 5.74) is 0.00819. The number of nitrogens with zero attached hydrogens (tertiary/aromatic N) is 2. The van der Waals surface area contributed by atoms with E-state index in [9.17, 15) is 0 Å². The molecule has 0 fully saturated rings. The van der Waals surface area contributed by atoms with E-state index in [2.05, 4.69) is 46.7 Å². The Balaban J connectivity index is 3.16. The second kappa shape index (κ2) is 3.96. The molecule has 2 nitrogen and oxygen atoms in total. The van der Waals surface area contributed by atoms with E-state index in [1.54, 1.807) is 11.8 Å². The lowest BCUT2D eigenvalue weighted by Crippen LogP contribution is -2.16. The van der Waals surface area contributed by atoms with Crippen molar-refractivity contribution in [3.8, 4) is 0 Å². The summed E-state index contributed by atoms with van der Waals surface area (Å²) in [6, 6.07) is 1.93. The van der Waals surface area contributed by atoms with Crippen LogP contribution in [0, 0.1) is 0 Å². The lowest BCUT2D eigenvalue weighted by atomic mass is 9.96. The SMILES string of the molecule is CSc1cc(Br)nc(C(C)(C)C)n1. The Hall–Kier alpha value is -0.0900. The predicted molar refractivity (Wildman–Crippen MR) is 60.2 cm³/mol. The smallest absolute Gasteiger partial charge is 0.136 e. The van der Waals surface area contributed by atoms with E-state index in [0.29, 0.717) is 0 Å². The van der Waals surface area contributed by atoms with Gasteiger partial charge in [-0.1, -0.05) is 20.8 Å². The first kappa shape index (κ1) is 11.0. The zero-order valence-electron chi connectivity index (χ0n) is 8.26. The summed E-state index contributed by atoms with van der Waals surface area (Å²) in [5.74, 6) is 0.881. The fourth-order valence-corrected chi connectivity index (χ4v) is 1.78. The van der Waals surface area contributed by atoms with Crippen molar-refractivity contribution >= 4 is 27.7 Å². The molecule has 0 atom stereocenters. The molecule has 0 N–H and O–H groups in total. The highest BCUT2D eigenvalue weighted by molar-refractivity contribution is 9.10. The van der Waals surface area contributed by atoms with Crippen LogP contribution in [0.3, 0.4) is 0 Å². The molecule has 0 aliphatic carbocycles. The largest absolute Gasteiger partial charge is 0.226 e. The summed E-state index contributed by atoms with van der Waals surface area (Å²) in [6.07, 6.45) is 2.02. The van der Waals surface area contributed by atoms with E-state index in [-0.39, 0.29) is 5.41 Å². The Labute approximate surface area is 91.7 Å². The molecule has 0 unspecified atom stereocenters. The summed E-state index contributed by atoms with van der Waals surface area (Å²) >= 11 is 5.01. The van der Waals surface area contributed by atoms with Crippen molar-refractivity contribution < 1.29 is 0 Å². The van der Waals surface area contributed by atoms with Crippen molar-refractivity contribution in [3.05, 3.63) is 16.5 Å². The van der Waals surface area contributed by atoms with E-state index >= 15 is 0 Å². The van der Waals surface area contributed by atoms with Crippen LogP contribution in [0.4, 0.5) is 0 Å². The first-order valence-corrected chi connectivity index (χ1v) is 6.04. The highest BCUT2D eigenvalue weighted by Gasteiger charge is 2.18. The molecule has 0 aliphatic heterocycles. The first-order valence-electron chi connectivity index (χ1n) is 4.02. The normalized spacial score (nSPS) is 11.8. The molecule has 1 aromatic rings. The third-order valence-electron chi connectivity index (χ3n) is 1.55. The lowest BCUT2D eigenvalue weighted by molar-refractivity contribution is 0.536. The molecule has 1 heterocycles. The first-order chi connectivity index (χ1) is 5.93. The van der Waals surface area contributed by atoms with Gasteiger partial charge < -0.3 is 0 Å². The Kier molecular flexibility index (Phi) is 3.35. The Morgan fingerprint density at radius 1 is 1.31 bits per heavy atom. The van der Waals surface area contributed by atoms with Gasteiger partial charge in [-0.05, 0) is 22.2 Å². The van der Waals surface area contributed by atoms with Gasteiger partial charge in [-0.25, -0.2) is 9.97 Å². The molecular weight excluding hydrogens is 248 g/mol. The number of hydrogen-bond acceptors (Lipinski definition) is 3. The summed E-state index contributed by atoms with van der Waals surface area (Å²) in [5, 5.41) is 1.01. The average molecular weight is 261 g/mol. The van der Waals surface area contributed by atoms with Crippen LogP contribution in [0.5, 0.6) is 0 Å². The lowest BCUT2D eigenvalue weighted by Gasteiger charge is -2.16. The van der Waals surface area contributed by atoms with Crippen LogP contribution in [-0.2, 0) is 5.41 Å². The standard InChI is InChI=1S/C9H13BrN2S/c1-9(2,3)8-11-6(10)5-7(12-8)13-4/h5H,1-4H3. The van der Waals surface area contributed by atoms with Crippen molar-refractivity contribution in [2.75, 3.05) is 6.26 Å². The molecule has 72 valence electrons. The van der Waals surface area contributed by atoms with Crippen LogP contribution in [-0.4, -0.2) is 16.2 Å². The maximum Gasteiger partial charge on any atom is 0.136 e. The van der Waals surface area contributed by atoms with E-state index < -0.39 is 0 Å². The second-order valence-corrected chi connectivity index (χ2v) is 5.45. The highest BCUT2D eigenvalue weighted by Crippen LogP contribution is 2.23. The van der Waals surface area contributed by atoms with Crippen LogP contribution in [0.2, 0.25) is 0 Å². The number of halogens is 1. The molecule has 1 aromatic heterocycles. The maximum atomic E-state index is 4.45. The number of aromatic nitrogens is 2. The fourth-order valence-electron chi connectivity index (χ4n) is 0.837. The molecule has 13 heavy (non-hydrogen) atoms. The van der Waals surface area contributed by atoms with Crippen LogP contribution in [0.25, 0.3) is 0 Å². The van der Waals surface area contributed by atoms with E-state index in [0.717, 1.165) is 15.5 Å². The van der Waals surface area contributed by atoms with Crippen LogP contribution >= 0.6 is 27.7 Å². The maximum absolute atomic E-state index is 4.45. The molecule has 0 amide bonds. The topological polar surface area (TPSA) is 25.8 Å². The van der Waals surface area contributed by atoms with E-state index in [1.165, 1.54) is 0 Å². The van der Waals surface area contributed by atoms with Crippen molar-refractivity contribution in [3.63, 3.8) is 0 Å². The van der Waals surface area contributed by atoms with Crippen molar-refractivity contribution in [1.82, 2.24) is 9.97 Å². The van der Waals surface area contributed by atoms with E-state index in [1.807, 2.05) is 12.3 Å². The zero-order valence-corrected chi connectivity index (χ0v) is 10.7. The Morgan fingerprint density at radius 2 is 1.92 bits per heavy atom. The summed E-state index contributed by atoms with van der Waals surface area (Å²) < 4.78 is 0.858. The molecule has 0 aromatic carbocycles. The molecule has 0 spiro atoms. The molecule has 4 heteroatoms. The third kappa shape index (κ3) is 2.95. The predicted octanol–water partition coefficient (Wildman–Crippen LogP) is 3.26. The van der Waals surface area contributed by atoms with Gasteiger partial charge in [0, 0.05) is 11.5 Å². The Bertz CT molecular complexity index is 307. The molecule has 0 saturated heterocycles. The van der Waals surface area contributed by atoms with Gasteiger partial charge in [0.1, 0.15) is 15.5 Å². The number of rotatable bonds is 1. The van der Waals surface area contributed by atoms with Gasteiger partial charge in [0.25, 0.3) is 0 Å². The summed E-state index contributed by atoms with van der Waals surface area (Å²) in [6.45, 7) is 6.33. The number of hydrogen-bond donors (Lipinski definition) is 0.